The van der Waals surface area contributed by atoms with Gasteiger partial charge >= 0.3 is 106 Å². The summed E-state index contributed by atoms with van der Waals surface area (Å²) in [5, 5.41) is 12.6. The van der Waals surface area contributed by atoms with Gasteiger partial charge in [-0.05, 0) is 0 Å². The van der Waals surface area contributed by atoms with Crippen molar-refractivity contribution in [3.8, 4) is 0 Å². The van der Waals surface area contributed by atoms with Gasteiger partial charge < -0.3 is 0 Å². The summed E-state index contributed by atoms with van der Waals surface area (Å²) < 4.78 is 0. The Morgan fingerprint density at radius 2 is 1.40 bits per heavy atom. The Morgan fingerprint density at radius 3 is 1.80 bits per heavy atom. The fourth-order valence-electron chi connectivity index (χ4n) is 2.30. The second-order valence-electron chi connectivity index (χ2n) is 5.56. The molecule has 0 aliphatic heterocycles. The summed E-state index contributed by atoms with van der Waals surface area (Å²) in [6, 6.07) is -0.391. The third-order valence-corrected chi connectivity index (χ3v) is 4.42. The van der Waals surface area contributed by atoms with Crippen LogP contribution in [0.4, 0.5) is 0 Å². The number of hydrogen-bond donors (Lipinski definition) is 2. The minimum absolute atomic E-state index is 0.391. The SMILES string of the molecule is CCCCCCCCCCCCCN[C@@H](C[SeH])C(=O)O. The number of carbonyl (C=O) groups is 1. The van der Waals surface area contributed by atoms with Crippen LogP contribution < -0.4 is 5.32 Å². The summed E-state index contributed by atoms with van der Waals surface area (Å²) in [7, 11) is 0. The van der Waals surface area contributed by atoms with Crippen LogP contribution in [0.1, 0.15) is 77.6 Å². The van der Waals surface area contributed by atoms with Crippen LogP contribution in [0.3, 0.4) is 0 Å². The van der Waals surface area contributed by atoms with E-state index in [0.717, 1.165) is 13.0 Å². The van der Waals surface area contributed by atoms with Gasteiger partial charge in [0.1, 0.15) is 0 Å². The topological polar surface area (TPSA) is 49.3 Å². The maximum atomic E-state index is 10.8. The molecular weight excluding hydrogens is 317 g/mol. The Balaban J connectivity index is 3.15. The van der Waals surface area contributed by atoms with Crippen molar-refractivity contribution < 1.29 is 9.90 Å². The van der Waals surface area contributed by atoms with Gasteiger partial charge in [-0.1, -0.05) is 26.2 Å². The van der Waals surface area contributed by atoms with Crippen molar-refractivity contribution in [2.45, 2.75) is 88.9 Å². The molecule has 0 aromatic rings. The number of nitrogens with one attached hydrogen (secondary N) is 1. The molecule has 0 unspecified atom stereocenters. The number of hydrogen-bond acceptors (Lipinski definition) is 2. The number of carboxylic acid groups (broad SMARTS) is 1. The molecule has 0 fully saturated rings. The summed E-state index contributed by atoms with van der Waals surface area (Å²) >= 11 is 2.34. The molecule has 0 spiro atoms. The first kappa shape index (κ1) is 19.9. The summed E-state index contributed by atoms with van der Waals surface area (Å²) in [6.07, 6.45) is 14.6. The molecular formula is C16H33NO2Se. The van der Waals surface area contributed by atoms with Gasteiger partial charge in [-0.3, -0.25) is 0 Å². The average Bonchev–Trinajstić information content (AvgIpc) is 2.43. The van der Waals surface area contributed by atoms with Gasteiger partial charge in [0.15, 0.2) is 0 Å². The Morgan fingerprint density at radius 1 is 0.950 bits per heavy atom. The van der Waals surface area contributed by atoms with Gasteiger partial charge in [0, 0.05) is 0 Å². The molecule has 20 heavy (non-hydrogen) atoms. The van der Waals surface area contributed by atoms with E-state index in [0.29, 0.717) is 5.32 Å². The van der Waals surface area contributed by atoms with E-state index in [1.807, 2.05) is 0 Å². The van der Waals surface area contributed by atoms with E-state index in [-0.39, 0.29) is 0 Å². The van der Waals surface area contributed by atoms with Gasteiger partial charge in [-0.2, -0.15) is 0 Å². The van der Waals surface area contributed by atoms with Gasteiger partial charge in [-0.15, -0.1) is 0 Å². The molecule has 120 valence electrons. The molecule has 0 aromatic heterocycles. The molecule has 0 bridgehead atoms. The summed E-state index contributed by atoms with van der Waals surface area (Å²) in [4.78, 5) is 10.8. The Bertz CT molecular complexity index is 225. The van der Waals surface area contributed by atoms with E-state index < -0.39 is 12.0 Å². The Labute approximate surface area is 133 Å². The second-order valence-corrected chi connectivity index (χ2v) is 6.33. The number of rotatable bonds is 15. The molecule has 0 rings (SSSR count). The van der Waals surface area contributed by atoms with Crippen molar-refractivity contribution in [2.24, 2.45) is 0 Å². The van der Waals surface area contributed by atoms with E-state index >= 15 is 0 Å². The molecule has 0 saturated heterocycles. The van der Waals surface area contributed by atoms with Crippen molar-refractivity contribution in [3.05, 3.63) is 0 Å². The molecule has 0 aliphatic carbocycles. The Hall–Kier alpha value is -0.0505. The predicted molar refractivity (Wildman–Crippen MR) is 87.8 cm³/mol. The number of unbranched alkanes of at least 4 members (excludes halogenated alkanes) is 10. The van der Waals surface area contributed by atoms with Crippen molar-refractivity contribution in [1.82, 2.24) is 5.32 Å². The van der Waals surface area contributed by atoms with E-state index in [2.05, 4.69) is 28.3 Å². The Kier molecular flexibility index (Phi) is 15.3. The number of carboxylic acids is 1. The van der Waals surface area contributed by atoms with Crippen LogP contribution >= 0.6 is 0 Å². The van der Waals surface area contributed by atoms with Crippen LogP contribution in [0.15, 0.2) is 0 Å². The first-order chi connectivity index (χ1) is 9.72. The van der Waals surface area contributed by atoms with Crippen LogP contribution in [0.2, 0.25) is 5.32 Å². The van der Waals surface area contributed by atoms with Gasteiger partial charge in [-0.25, -0.2) is 0 Å². The van der Waals surface area contributed by atoms with Crippen LogP contribution in [0.5, 0.6) is 0 Å². The summed E-state index contributed by atoms with van der Waals surface area (Å²) in [5.74, 6) is -0.742. The standard InChI is InChI=1S/C16H33NO2Se/c1-2-3-4-5-6-7-8-9-10-11-12-13-17-15(14-20)16(18)19/h15,17,20H,2-14H2,1H3,(H,18,19)/t15-/m0/s1. The molecule has 0 radical (unpaired) electrons. The van der Waals surface area contributed by atoms with E-state index in [4.69, 9.17) is 5.11 Å². The van der Waals surface area contributed by atoms with Crippen molar-refractivity contribution >= 4 is 22.0 Å². The van der Waals surface area contributed by atoms with Gasteiger partial charge in [0.25, 0.3) is 0 Å². The molecule has 0 aromatic carbocycles. The van der Waals surface area contributed by atoms with E-state index in [1.54, 1.807) is 0 Å². The molecule has 4 heteroatoms. The predicted octanol–water partition coefficient (Wildman–Crippen LogP) is 3.66. The maximum absolute atomic E-state index is 10.8. The monoisotopic (exact) mass is 351 g/mol. The van der Waals surface area contributed by atoms with E-state index in [1.165, 1.54) is 64.2 Å². The third-order valence-electron chi connectivity index (χ3n) is 3.65. The van der Waals surface area contributed by atoms with Crippen LogP contribution in [0.25, 0.3) is 0 Å². The zero-order chi connectivity index (χ0) is 15.1. The van der Waals surface area contributed by atoms with Crippen LogP contribution in [-0.2, 0) is 4.79 Å². The van der Waals surface area contributed by atoms with E-state index in [9.17, 15) is 4.79 Å². The van der Waals surface area contributed by atoms with Crippen LogP contribution in [0, 0.1) is 0 Å². The molecule has 3 nitrogen and oxygen atoms in total. The fraction of sp³-hybridized carbons (Fsp3) is 0.938. The zero-order valence-corrected chi connectivity index (χ0v) is 14.9. The third kappa shape index (κ3) is 13.0. The zero-order valence-electron chi connectivity index (χ0n) is 13.1. The minimum atomic E-state index is -0.742. The van der Waals surface area contributed by atoms with Crippen molar-refractivity contribution in [3.63, 3.8) is 0 Å². The van der Waals surface area contributed by atoms with Crippen molar-refractivity contribution in [1.29, 1.82) is 0 Å². The molecule has 1 atom stereocenters. The first-order valence-corrected chi connectivity index (χ1v) is 9.62. The summed E-state index contributed by atoms with van der Waals surface area (Å²) in [5.41, 5.74) is 0. The molecule has 0 saturated carbocycles. The number of aliphatic carboxylic acids is 1. The second kappa shape index (κ2) is 15.3. The fourth-order valence-corrected chi connectivity index (χ4v) is 2.89. The molecule has 0 heterocycles. The van der Waals surface area contributed by atoms with Gasteiger partial charge in [0.05, 0.1) is 0 Å². The first-order valence-electron chi connectivity index (χ1n) is 8.29. The normalized spacial score (nSPS) is 12.5. The molecule has 0 amide bonds. The van der Waals surface area contributed by atoms with Crippen molar-refractivity contribution in [2.75, 3.05) is 6.54 Å². The quantitative estimate of drug-likeness (QED) is 0.350. The van der Waals surface area contributed by atoms with Crippen LogP contribution in [-0.4, -0.2) is 39.7 Å². The van der Waals surface area contributed by atoms with Gasteiger partial charge in [0.2, 0.25) is 0 Å². The molecule has 0 aliphatic rings. The molecule has 2 N–H and O–H groups in total. The average molecular weight is 350 g/mol. The summed E-state index contributed by atoms with van der Waals surface area (Å²) in [6.45, 7) is 3.08.